The average Bonchev–Trinajstić information content (AvgIpc) is 3.60. The van der Waals surface area contributed by atoms with Gasteiger partial charge < -0.3 is 14.8 Å². The summed E-state index contributed by atoms with van der Waals surface area (Å²) in [7, 11) is 2.72. The van der Waals surface area contributed by atoms with Crippen molar-refractivity contribution in [3.63, 3.8) is 0 Å². The molecule has 3 aromatic rings. The van der Waals surface area contributed by atoms with Gasteiger partial charge in [-0.2, -0.15) is 5.10 Å². The van der Waals surface area contributed by atoms with Gasteiger partial charge in [-0.3, -0.25) is 14.5 Å². The molecule has 0 saturated heterocycles. The van der Waals surface area contributed by atoms with Crippen LogP contribution in [-0.2, 0) is 38.4 Å². The van der Waals surface area contributed by atoms with Gasteiger partial charge in [-0.05, 0) is 55.0 Å². The highest BCUT2D eigenvalue weighted by atomic mass is 32.1. The molecular formula is C28H32FN5O4S. The standard InChI is InChI=1S/C27H28FN5O4S.CH4/c1-15-12-18(28)5-6-19(15)24-22(27(35)37-3)23(30-25(31-24)26-29-9-11-38-26)16-4-7-20-17(13-16)14-33(32-20)10-8-21(34)36-2;/h5-6,9,11-12,14,16,24H,4,7-8,10,13H2,1-3H3,(H,30,31);1H4. The number of fused-ring (bicyclic) bond motifs is 1. The summed E-state index contributed by atoms with van der Waals surface area (Å²) in [6.07, 6.45) is 6.03. The quantitative estimate of drug-likeness (QED) is 0.435. The SMILES string of the molecule is C.COC(=O)CCn1cc2c(n1)CCC(C1=C(C(=O)OC)C(c3ccc(F)cc3C)N=C(c3nccs3)N1)C2. The van der Waals surface area contributed by atoms with E-state index in [0.29, 0.717) is 34.9 Å². The Balaban J connectivity index is 0.00000353. The van der Waals surface area contributed by atoms with E-state index in [2.05, 4.69) is 15.4 Å². The summed E-state index contributed by atoms with van der Waals surface area (Å²) in [6, 6.07) is 3.82. The third-order valence-corrected chi connectivity index (χ3v) is 7.72. The number of carbonyl (C=O) groups is 2. The molecule has 0 radical (unpaired) electrons. The number of esters is 2. The summed E-state index contributed by atoms with van der Waals surface area (Å²) in [5.74, 6) is -0.592. The molecule has 2 aliphatic rings. The van der Waals surface area contributed by atoms with Crippen molar-refractivity contribution in [2.45, 2.75) is 52.6 Å². The minimum Gasteiger partial charge on any atom is -0.469 e. The van der Waals surface area contributed by atoms with Crippen LogP contribution in [0, 0.1) is 18.7 Å². The van der Waals surface area contributed by atoms with Gasteiger partial charge in [0.05, 0.1) is 38.5 Å². The van der Waals surface area contributed by atoms with Crippen molar-refractivity contribution in [1.82, 2.24) is 20.1 Å². The first-order chi connectivity index (χ1) is 18.4. The van der Waals surface area contributed by atoms with Crippen LogP contribution in [0.2, 0.25) is 0 Å². The van der Waals surface area contributed by atoms with Gasteiger partial charge in [-0.1, -0.05) is 13.5 Å². The van der Waals surface area contributed by atoms with Crippen LogP contribution in [0.1, 0.15) is 53.7 Å². The molecule has 1 N–H and O–H groups in total. The van der Waals surface area contributed by atoms with Gasteiger partial charge in [0.25, 0.3) is 0 Å². The van der Waals surface area contributed by atoms with Crippen molar-refractivity contribution in [3.05, 3.63) is 80.5 Å². The number of hydrogen-bond acceptors (Lipinski definition) is 9. The fourth-order valence-electron chi connectivity index (χ4n) is 5.07. The molecule has 5 rings (SSSR count). The molecule has 1 aromatic carbocycles. The minimum absolute atomic E-state index is 0. The van der Waals surface area contributed by atoms with Crippen molar-refractivity contribution in [2.24, 2.45) is 10.9 Å². The van der Waals surface area contributed by atoms with E-state index in [4.69, 9.17) is 14.5 Å². The Hall–Kier alpha value is -3.86. The number of aryl methyl sites for hydroxylation is 3. The van der Waals surface area contributed by atoms with Crippen molar-refractivity contribution in [3.8, 4) is 0 Å². The molecule has 39 heavy (non-hydrogen) atoms. The van der Waals surface area contributed by atoms with Crippen LogP contribution in [0.15, 0.2) is 52.2 Å². The van der Waals surface area contributed by atoms with E-state index < -0.39 is 12.0 Å². The van der Waals surface area contributed by atoms with E-state index in [0.717, 1.165) is 35.4 Å². The van der Waals surface area contributed by atoms with Crippen LogP contribution in [0.25, 0.3) is 0 Å². The van der Waals surface area contributed by atoms with E-state index in [1.54, 1.807) is 16.9 Å². The highest BCUT2D eigenvalue weighted by Gasteiger charge is 2.37. The van der Waals surface area contributed by atoms with Gasteiger partial charge in [0.15, 0.2) is 10.8 Å². The van der Waals surface area contributed by atoms with Crippen molar-refractivity contribution < 1.29 is 23.5 Å². The molecule has 2 aromatic heterocycles. The molecular weight excluding hydrogens is 521 g/mol. The van der Waals surface area contributed by atoms with E-state index >= 15 is 0 Å². The van der Waals surface area contributed by atoms with Crippen LogP contribution in [-0.4, -0.2) is 46.8 Å². The zero-order valence-electron chi connectivity index (χ0n) is 21.4. The van der Waals surface area contributed by atoms with Crippen LogP contribution in [0.4, 0.5) is 4.39 Å². The molecule has 0 saturated carbocycles. The van der Waals surface area contributed by atoms with Crippen LogP contribution >= 0.6 is 11.3 Å². The van der Waals surface area contributed by atoms with Gasteiger partial charge in [0.2, 0.25) is 0 Å². The van der Waals surface area contributed by atoms with Gasteiger partial charge in [0, 0.05) is 29.4 Å². The molecule has 0 spiro atoms. The Morgan fingerprint density at radius 1 is 1.26 bits per heavy atom. The molecule has 1 aliphatic carbocycles. The summed E-state index contributed by atoms with van der Waals surface area (Å²) in [5, 5.41) is 10.6. The number of hydrogen-bond donors (Lipinski definition) is 1. The zero-order valence-corrected chi connectivity index (χ0v) is 22.2. The molecule has 11 heteroatoms. The zero-order chi connectivity index (χ0) is 26.8. The van der Waals surface area contributed by atoms with Crippen molar-refractivity contribution >= 4 is 29.1 Å². The number of carbonyl (C=O) groups excluding carboxylic acids is 2. The van der Waals surface area contributed by atoms with Gasteiger partial charge in [0.1, 0.15) is 11.9 Å². The maximum absolute atomic E-state index is 14.0. The van der Waals surface area contributed by atoms with E-state index in [9.17, 15) is 14.0 Å². The number of thiazole rings is 1. The maximum Gasteiger partial charge on any atom is 0.338 e. The number of ether oxygens (including phenoxy) is 2. The summed E-state index contributed by atoms with van der Waals surface area (Å²) in [4.78, 5) is 34.2. The van der Waals surface area contributed by atoms with Crippen LogP contribution in [0.3, 0.4) is 0 Å². The number of benzene rings is 1. The topological polar surface area (TPSA) is 108 Å². The Kier molecular flexibility index (Phi) is 8.59. The number of rotatable bonds is 7. The monoisotopic (exact) mass is 553 g/mol. The molecule has 1 aliphatic heterocycles. The van der Waals surface area contributed by atoms with E-state index in [1.807, 2.05) is 18.5 Å². The lowest BCUT2D eigenvalue weighted by molar-refractivity contribution is -0.141. The van der Waals surface area contributed by atoms with Crippen LogP contribution in [0.5, 0.6) is 0 Å². The molecule has 2 atom stereocenters. The fourth-order valence-corrected chi connectivity index (χ4v) is 5.66. The second kappa shape index (κ2) is 11.9. The molecule has 0 fully saturated rings. The molecule has 2 unspecified atom stereocenters. The first-order valence-corrected chi connectivity index (χ1v) is 13.2. The van der Waals surface area contributed by atoms with E-state index in [-0.39, 0.29) is 31.6 Å². The number of allylic oxidation sites excluding steroid dienone is 1. The molecule has 206 valence electrons. The molecule has 9 nitrogen and oxygen atoms in total. The third-order valence-electron chi connectivity index (χ3n) is 6.94. The van der Waals surface area contributed by atoms with Gasteiger partial charge in [-0.25, -0.2) is 14.2 Å². The predicted octanol–water partition coefficient (Wildman–Crippen LogP) is 4.31. The number of aliphatic imine (C=N–C) groups is 1. The number of nitrogens with one attached hydrogen (secondary N) is 1. The molecule has 3 heterocycles. The lowest BCUT2D eigenvalue weighted by atomic mass is 9.81. The summed E-state index contributed by atoms with van der Waals surface area (Å²) in [5.41, 5.74) is 4.62. The Bertz CT molecular complexity index is 1430. The lowest BCUT2D eigenvalue weighted by Crippen LogP contribution is -2.38. The maximum atomic E-state index is 14.0. The molecule has 0 amide bonds. The normalized spacial score (nSPS) is 18.4. The first kappa shape index (κ1) is 28.2. The average molecular weight is 554 g/mol. The van der Waals surface area contributed by atoms with Gasteiger partial charge in [-0.15, -0.1) is 11.3 Å². The Morgan fingerprint density at radius 3 is 2.77 bits per heavy atom. The second-order valence-corrected chi connectivity index (χ2v) is 10.2. The van der Waals surface area contributed by atoms with E-state index in [1.165, 1.54) is 37.7 Å². The summed E-state index contributed by atoms with van der Waals surface area (Å²) >= 11 is 1.44. The number of aromatic nitrogens is 3. The summed E-state index contributed by atoms with van der Waals surface area (Å²) in [6.45, 7) is 2.24. The Morgan fingerprint density at radius 2 is 2.08 bits per heavy atom. The second-order valence-electron chi connectivity index (χ2n) is 9.29. The van der Waals surface area contributed by atoms with Gasteiger partial charge >= 0.3 is 11.9 Å². The number of methoxy groups -OCH3 is 2. The fraction of sp³-hybridized carbons (Fsp3) is 0.393. The molecule has 0 bridgehead atoms. The summed E-state index contributed by atoms with van der Waals surface area (Å²) < 4.78 is 25.7. The van der Waals surface area contributed by atoms with Crippen LogP contribution < -0.4 is 5.32 Å². The number of nitrogens with zero attached hydrogens (tertiary/aromatic N) is 4. The van der Waals surface area contributed by atoms with Crippen molar-refractivity contribution in [2.75, 3.05) is 14.2 Å². The lowest BCUT2D eigenvalue weighted by Gasteiger charge is -2.33. The largest absolute Gasteiger partial charge is 0.469 e. The smallest absolute Gasteiger partial charge is 0.338 e. The Labute approximate surface area is 230 Å². The van der Waals surface area contributed by atoms with Crippen molar-refractivity contribution in [1.29, 1.82) is 0 Å². The highest BCUT2D eigenvalue weighted by molar-refractivity contribution is 7.11. The predicted molar refractivity (Wildman–Crippen MR) is 146 cm³/mol. The third kappa shape index (κ3) is 5.78. The highest BCUT2D eigenvalue weighted by Crippen LogP contribution is 2.39. The minimum atomic E-state index is -0.678. The number of halogens is 1. The first-order valence-electron chi connectivity index (χ1n) is 12.3. The number of amidine groups is 1.